The summed E-state index contributed by atoms with van der Waals surface area (Å²) in [6.45, 7) is 20.1. The number of hydrogen-bond donors (Lipinski definition) is 4. The third kappa shape index (κ3) is 11.9. The van der Waals surface area contributed by atoms with Crippen molar-refractivity contribution < 1.29 is 49.0 Å². The summed E-state index contributed by atoms with van der Waals surface area (Å²) >= 11 is 0. The molecule has 0 saturated carbocycles. The van der Waals surface area contributed by atoms with E-state index in [9.17, 15) is 34.8 Å². The van der Waals surface area contributed by atoms with Gasteiger partial charge in [-0.1, -0.05) is 99.6 Å². The molecule has 314 valence electrons. The van der Waals surface area contributed by atoms with Gasteiger partial charge in [-0.2, -0.15) is 0 Å². The molecule has 3 heterocycles. The molecule has 0 aromatic carbocycles. The van der Waals surface area contributed by atoms with Crippen molar-refractivity contribution in [2.75, 3.05) is 0 Å². The third-order valence-electron chi connectivity index (χ3n) is 13.4. The fraction of sp³-hybridized carbons (Fsp3) is 0.800. The van der Waals surface area contributed by atoms with E-state index in [1.165, 1.54) is 6.08 Å². The first kappa shape index (κ1) is 47.2. The van der Waals surface area contributed by atoms with Crippen LogP contribution in [0.25, 0.3) is 0 Å². The summed E-state index contributed by atoms with van der Waals surface area (Å²) in [6, 6.07) is 0. The van der Waals surface area contributed by atoms with Crippen LogP contribution < -0.4 is 0 Å². The fourth-order valence-electron chi connectivity index (χ4n) is 8.95. The number of esters is 1. The van der Waals surface area contributed by atoms with E-state index in [0.717, 1.165) is 25.7 Å². The average molecular weight is 775 g/mol. The van der Waals surface area contributed by atoms with Gasteiger partial charge in [0.1, 0.15) is 17.7 Å². The number of carbonyl (C=O) groups excluding carboxylic acids is 3. The Labute approximate surface area is 331 Å². The van der Waals surface area contributed by atoms with Gasteiger partial charge < -0.3 is 34.6 Å². The van der Waals surface area contributed by atoms with Crippen molar-refractivity contribution in [2.45, 2.75) is 170 Å². The lowest BCUT2D eigenvalue weighted by Gasteiger charge is -2.55. The number of hydrogen-bond acceptors (Lipinski definition) is 10. The topological polar surface area (TPSA) is 160 Å². The van der Waals surface area contributed by atoms with Crippen LogP contribution >= 0.6 is 0 Å². The van der Waals surface area contributed by atoms with E-state index in [2.05, 4.69) is 26.8 Å². The summed E-state index contributed by atoms with van der Waals surface area (Å²) in [5.41, 5.74) is 0. The van der Waals surface area contributed by atoms with Gasteiger partial charge in [0.25, 0.3) is 0 Å². The van der Waals surface area contributed by atoms with Gasteiger partial charge in [-0.15, -0.1) is 0 Å². The molecular formula is C45H74O10. The van der Waals surface area contributed by atoms with Gasteiger partial charge in [0.15, 0.2) is 5.79 Å². The number of ketones is 2. The molecular weight excluding hydrogens is 700 g/mol. The normalized spacial score (nSPS) is 46.1. The number of allylic oxidation sites excluding steroid dienone is 4. The van der Waals surface area contributed by atoms with E-state index in [-0.39, 0.29) is 47.6 Å². The van der Waals surface area contributed by atoms with Crippen LogP contribution in [0.1, 0.15) is 121 Å². The van der Waals surface area contributed by atoms with Crippen molar-refractivity contribution in [1.82, 2.24) is 0 Å². The maximum atomic E-state index is 13.5. The Balaban J connectivity index is 1.97. The van der Waals surface area contributed by atoms with E-state index in [4.69, 9.17) is 14.2 Å². The van der Waals surface area contributed by atoms with Crippen molar-refractivity contribution in [3.8, 4) is 0 Å². The van der Waals surface area contributed by atoms with E-state index < -0.39 is 77.6 Å². The zero-order chi connectivity index (χ0) is 41.4. The quantitative estimate of drug-likeness (QED) is 0.226. The second-order valence-electron chi connectivity index (χ2n) is 17.7. The van der Waals surface area contributed by atoms with Crippen LogP contribution in [0, 0.1) is 59.2 Å². The number of carbonyl (C=O) groups is 3. The SMILES string of the molecule is CC[C@@H]1/C=C/C=C/C[C@H](C)C(O)[C@@H](C)C(=O)[C@H](C)C(O)[C@H](C)C(=O)[C@H](C)[C@@H](O)[C@H](C)/C=C/C(=O)O[C@H]2[C@@H](C)[C@@H](CC1)O[C@@]1(CC[C@@H](C)[C@@H](C[C@H](C)O)O1)[C@@H]2C. The lowest BCUT2D eigenvalue weighted by molar-refractivity contribution is -0.371. The number of Topliss-reactive ketones (excluding diaryl/α,β-unsaturated/α-hetero) is 2. The predicted molar refractivity (Wildman–Crippen MR) is 213 cm³/mol. The van der Waals surface area contributed by atoms with Crippen molar-refractivity contribution >= 4 is 17.5 Å². The van der Waals surface area contributed by atoms with Crippen LogP contribution in [-0.4, -0.2) is 86.5 Å². The molecule has 0 aromatic heterocycles. The van der Waals surface area contributed by atoms with Crippen LogP contribution in [0.5, 0.6) is 0 Å². The van der Waals surface area contributed by atoms with Gasteiger partial charge in [0, 0.05) is 53.9 Å². The standard InChI is InChI=1S/C45H74O10/c1-12-35-17-15-13-14-16-26(3)39(48)30(7)41(50)32(9)43(52)33(10)42(51)31(8)40(49)27(4)18-21-38(47)53-44-29(6)36(20-19-35)54-45(34(44)11)23-22-25(2)37(55-45)24-28(5)46/h13-15,17-18,21,25-37,39-40,43-44,46,48-49,52H,12,16,19-20,22-24H2,1-11H3/b14-13+,17-15+,21-18+/t25-,26+,27-,28+,29+,30-,31-,32+,33-,34-,35-,36-,37-,39?,40+,43?,44+,45-/m1/s1. The Kier molecular flexibility index (Phi) is 18.0. The lowest BCUT2D eigenvalue weighted by Crippen LogP contribution is -2.62. The van der Waals surface area contributed by atoms with Gasteiger partial charge in [-0.05, 0) is 63.2 Å². The number of aliphatic hydroxyl groups excluding tert-OH is 4. The molecule has 2 unspecified atom stereocenters. The van der Waals surface area contributed by atoms with Crippen molar-refractivity contribution in [1.29, 1.82) is 0 Å². The molecule has 1 spiro atoms. The van der Waals surface area contributed by atoms with Gasteiger partial charge in [-0.25, -0.2) is 4.79 Å². The minimum absolute atomic E-state index is 0.144. The molecule has 2 saturated heterocycles. The predicted octanol–water partition coefficient (Wildman–Crippen LogP) is 6.77. The summed E-state index contributed by atoms with van der Waals surface area (Å²) in [5, 5.41) is 43.8. The van der Waals surface area contributed by atoms with Crippen molar-refractivity contribution in [2.24, 2.45) is 59.2 Å². The van der Waals surface area contributed by atoms with Crippen LogP contribution in [0.15, 0.2) is 36.5 Å². The summed E-state index contributed by atoms with van der Waals surface area (Å²) in [7, 11) is 0. The van der Waals surface area contributed by atoms with Crippen molar-refractivity contribution in [3.63, 3.8) is 0 Å². The highest BCUT2D eigenvalue weighted by molar-refractivity contribution is 5.87. The van der Waals surface area contributed by atoms with E-state index in [1.807, 2.05) is 32.1 Å². The first-order valence-electron chi connectivity index (χ1n) is 21.1. The van der Waals surface area contributed by atoms with Gasteiger partial charge >= 0.3 is 5.97 Å². The van der Waals surface area contributed by atoms with Crippen molar-refractivity contribution in [3.05, 3.63) is 36.5 Å². The molecule has 10 heteroatoms. The molecule has 2 fully saturated rings. The summed E-state index contributed by atoms with van der Waals surface area (Å²) in [6.07, 6.45) is 11.1. The zero-order valence-electron chi connectivity index (χ0n) is 35.5. The maximum absolute atomic E-state index is 13.5. The molecule has 0 radical (unpaired) electrons. The first-order valence-corrected chi connectivity index (χ1v) is 21.1. The molecule has 18 atom stereocenters. The Morgan fingerprint density at radius 2 is 1.36 bits per heavy atom. The lowest BCUT2D eigenvalue weighted by atomic mass is 9.74. The van der Waals surface area contributed by atoms with Gasteiger partial charge in [-0.3, -0.25) is 9.59 Å². The Morgan fingerprint density at radius 1 is 0.764 bits per heavy atom. The third-order valence-corrected chi connectivity index (χ3v) is 13.4. The summed E-state index contributed by atoms with van der Waals surface area (Å²) < 4.78 is 20.0. The molecule has 0 amide bonds. The zero-order valence-corrected chi connectivity index (χ0v) is 35.5. The van der Waals surface area contributed by atoms with Crippen LogP contribution in [-0.2, 0) is 28.6 Å². The van der Waals surface area contributed by atoms with E-state index in [1.54, 1.807) is 47.6 Å². The highest BCUT2D eigenvalue weighted by Crippen LogP contribution is 2.49. The molecule has 0 aromatic rings. The minimum Gasteiger partial charge on any atom is -0.458 e. The maximum Gasteiger partial charge on any atom is 0.330 e. The molecule has 0 aliphatic carbocycles. The monoisotopic (exact) mass is 775 g/mol. The Morgan fingerprint density at radius 3 is 1.96 bits per heavy atom. The number of aliphatic hydroxyl groups is 4. The molecule has 3 aliphatic heterocycles. The van der Waals surface area contributed by atoms with Crippen LogP contribution in [0.4, 0.5) is 0 Å². The molecule has 10 nitrogen and oxygen atoms in total. The molecule has 55 heavy (non-hydrogen) atoms. The Hall–Kier alpha value is -2.21. The second kappa shape index (κ2) is 21.0. The highest BCUT2D eigenvalue weighted by Gasteiger charge is 2.56. The fourth-order valence-corrected chi connectivity index (χ4v) is 8.95. The molecule has 3 aliphatic rings. The van der Waals surface area contributed by atoms with Crippen LogP contribution in [0.3, 0.4) is 0 Å². The largest absolute Gasteiger partial charge is 0.458 e. The van der Waals surface area contributed by atoms with E-state index in [0.29, 0.717) is 19.3 Å². The average Bonchev–Trinajstić information content (AvgIpc) is 3.16. The Bertz CT molecular complexity index is 1340. The number of ether oxygens (including phenoxy) is 3. The summed E-state index contributed by atoms with van der Waals surface area (Å²) in [4.78, 5) is 40.4. The van der Waals surface area contributed by atoms with Gasteiger partial charge in [0.05, 0.1) is 36.6 Å². The smallest absolute Gasteiger partial charge is 0.330 e. The highest BCUT2D eigenvalue weighted by atomic mass is 16.7. The number of fused-ring (bicyclic) bond motifs is 2. The molecule has 3 rings (SSSR count). The molecule has 2 bridgehead atoms. The van der Waals surface area contributed by atoms with Gasteiger partial charge in [0.2, 0.25) is 0 Å². The molecule has 4 N–H and O–H groups in total. The second-order valence-corrected chi connectivity index (χ2v) is 17.7. The summed E-state index contributed by atoms with van der Waals surface area (Å²) in [5.74, 6) is -6.53. The number of rotatable bonds is 3. The minimum atomic E-state index is -1.30. The van der Waals surface area contributed by atoms with Crippen LogP contribution in [0.2, 0.25) is 0 Å². The first-order chi connectivity index (χ1) is 25.8. The van der Waals surface area contributed by atoms with E-state index >= 15 is 0 Å².